The van der Waals surface area contributed by atoms with Crippen LogP contribution in [-0.2, 0) is 32.3 Å². The molecule has 0 aliphatic carbocycles. The van der Waals surface area contributed by atoms with E-state index in [4.69, 9.17) is 27.8 Å². The highest BCUT2D eigenvalue weighted by molar-refractivity contribution is 7.48. The molecule has 1 aliphatic heterocycles. The van der Waals surface area contributed by atoms with E-state index in [2.05, 4.69) is 0 Å². The molecule has 5 atom stereocenters. The molecule has 0 bridgehead atoms. The van der Waals surface area contributed by atoms with E-state index in [1.807, 2.05) is 13.8 Å². The van der Waals surface area contributed by atoms with Gasteiger partial charge in [0.2, 0.25) is 5.79 Å². The molecule has 0 amide bonds. The van der Waals surface area contributed by atoms with Gasteiger partial charge >= 0.3 is 7.82 Å². The summed E-state index contributed by atoms with van der Waals surface area (Å²) in [5.74, 6) is -1.51. The van der Waals surface area contributed by atoms with Crippen LogP contribution in [0, 0.1) is 0 Å². The molecule has 0 saturated carbocycles. The standard InChI is InChI=1S/C15H31BFO7P/c1-5-7-9-21-11-15(19-3)13(12(17)14(16)23-15)24-25(18,20-4)22-10-8-6-2/h12-14H,5-11,16H2,1-4H3/t12?,13?,14?,15-,25?/m1/s1. The minimum absolute atomic E-state index is 0.0440. The van der Waals surface area contributed by atoms with Crippen LogP contribution < -0.4 is 0 Å². The van der Waals surface area contributed by atoms with Gasteiger partial charge < -0.3 is 14.2 Å². The van der Waals surface area contributed by atoms with E-state index < -0.39 is 31.9 Å². The third kappa shape index (κ3) is 6.27. The molecule has 25 heavy (non-hydrogen) atoms. The highest BCUT2D eigenvalue weighted by Crippen LogP contribution is 2.53. The average molecular weight is 384 g/mol. The summed E-state index contributed by atoms with van der Waals surface area (Å²) in [6.07, 6.45) is 0.508. The maximum Gasteiger partial charge on any atom is 0.475 e. The van der Waals surface area contributed by atoms with Gasteiger partial charge in [0.1, 0.15) is 14.5 Å². The fourth-order valence-electron chi connectivity index (χ4n) is 2.46. The van der Waals surface area contributed by atoms with E-state index in [-0.39, 0.29) is 13.2 Å². The number of hydrogen-bond donors (Lipinski definition) is 0. The molecule has 4 unspecified atom stereocenters. The fourth-order valence-corrected chi connectivity index (χ4v) is 3.62. The molecule has 0 radical (unpaired) electrons. The molecular formula is C15H31BFO7P. The molecule has 1 aliphatic rings. The minimum Gasteiger partial charge on any atom is -0.376 e. The van der Waals surface area contributed by atoms with Gasteiger partial charge in [-0.3, -0.25) is 13.6 Å². The van der Waals surface area contributed by atoms with Gasteiger partial charge in [-0.1, -0.05) is 26.7 Å². The summed E-state index contributed by atoms with van der Waals surface area (Å²) in [5.41, 5.74) is 0. The summed E-state index contributed by atoms with van der Waals surface area (Å²) in [6, 6.07) is -0.805. The van der Waals surface area contributed by atoms with Crippen LogP contribution in [0.4, 0.5) is 4.39 Å². The molecule has 10 heteroatoms. The first-order valence-corrected chi connectivity index (χ1v) is 10.3. The Balaban J connectivity index is 2.86. The Hall–Kier alpha value is -0.0151. The first-order valence-electron chi connectivity index (χ1n) is 8.81. The zero-order valence-corrected chi connectivity index (χ0v) is 16.8. The van der Waals surface area contributed by atoms with Crippen molar-refractivity contribution >= 4 is 15.7 Å². The van der Waals surface area contributed by atoms with Crippen LogP contribution in [0.2, 0.25) is 0 Å². The van der Waals surface area contributed by atoms with Crippen molar-refractivity contribution in [3.63, 3.8) is 0 Å². The van der Waals surface area contributed by atoms with Crippen molar-refractivity contribution in [2.24, 2.45) is 0 Å². The highest BCUT2D eigenvalue weighted by atomic mass is 31.2. The Morgan fingerprint density at radius 2 is 1.84 bits per heavy atom. The van der Waals surface area contributed by atoms with Gasteiger partial charge in [-0.05, 0) is 12.8 Å². The minimum atomic E-state index is -3.94. The number of hydrogen-bond acceptors (Lipinski definition) is 7. The summed E-state index contributed by atoms with van der Waals surface area (Å²) in [6.45, 7) is 4.63. The molecular weight excluding hydrogens is 353 g/mol. The van der Waals surface area contributed by atoms with Crippen LogP contribution in [-0.4, -0.2) is 66.0 Å². The molecule has 0 aromatic rings. The number of unbranched alkanes of at least 4 members (excludes halogenated alkanes) is 2. The molecule has 0 aromatic heterocycles. The number of halogens is 1. The lowest BCUT2D eigenvalue weighted by Crippen LogP contribution is -2.49. The van der Waals surface area contributed by atoms with E-state index in [0.717, 1.165) is 19.3 Å². The lowest BCUT2D eigenvalue weighted by atomic mass is 9.93. The van der Waals surface area contributed by atoms with Crippen molar-refractivity contribution in [2.45, 2.75) is 63.6 Å². The van der Waals surface area contributed by atoms with Crippen molar-refractivity contribution in [3.05, 3.63) is 0 Å². The summed E-state index contributed by atoms with van der Waals surface area (Å²) >= 11 is 0. The Bertz CT molecular complexity index is 431. The van der Waals surface area contributed by atoms with E-state index >= 15 is 0 Å². The van der Waals surface area contributed by atoms with Crippen molar-refractivity contribution in [1.82, 2.24) is 0 Å². The number of phosphoric ester groups is 1. The smallest absolute Gasteiger partial charge is 0.376 e. The predicted molar refractivity (Wildman–Crippen MR) is 94.1 cm³/mol. The molecule has 1 saturated heterocycles. The molecule has 7 nitrogen and oxygen atoms in total. The molecule has 0 spiro atoms. The Kier molecular flexibility index (Phi) is 10.1. The molecule has 1 rings (SSSR count). The maximum atomic E-state index is 14.7. The monoisotopic (exact) mass is 384 g/mol. The second-order valence-corrected chi connectivity index (χ2v) is 7.76. The normalized spacial score (nSPS) is 32.0. The van der Waals surface area contributed by atoms with E-state index in [1.165, 1.54) is 14.2 Å². The first-order chi connectivity index (χ1) is 11.9. The van der Waals surface area contributed by atoms with Crippen LogP contribution in [0.25, 0.3) is 0 Å². The quantitative estimate of drug-likeness (QED) is 0.274. The van der Waals surface area contributed by atoms with Gasteiger partial charge in [0, 0.05) is 20.8 Å². The second-order valence-electron chi connectivity index (χ2n) is 6.03. The van der Waals surface area contributed by atoms with Gasteiger partial charge in [0.25, 0.3) is 0 Å². The molecule has 1 fully saturated rings. The van der Waals surface area contributed by atoms with Gasteiger partial charge in [-0.15, -0.1) is 0 Å². The van der Waals surface area contributed by atoms with Crippen LogP contribution in [0.5, 0.6) is 0 Å². The highest BCUT2D eigenvalue weighted by Gasteiger charge is 2.58. The largest absolute Gasteiger partial charge is 0.475 e. The van der Waals surface area contributed by atoms with Gasteiger partial charge in [-0.2, -0.15) is 0 Å². The Morgan fingerprint density at radius 1 is 1.20 bits per heavy atom. The molecule has 1 heterocycles. The number of methoxy groups -OCH3 is 1. The topological polar surface area (TPSA) is 72.5 Å². The van der Waals surface area contributed by atoms with Crippen LogP contribution in [0.3, 0.4) is 0 Å². The zero-order valence-electron chi connectivity index (χ0n) is 15.9. The third-order valence-corrected chi connectivity index (χ3v) is 5.49. The van der Waals surface area contributed by atoms with Gasteiger partial charge in [-0.25, -0.2) is 8.96 Å². The number of rotatable bonds is 13. The van der Waals surface area contributed by atoms with E-state index in [9.17, 15) is 8.96 Å². The Morgan fingerprint density at radius 3 is 2.40 bits per heavy atom. The summed E-state index contributed by atoms with van der Waals surface area (Å²) in [5, 5.41) is 0. The van der Waals surface area contributed by atoms with Crippen LogP contribution in [0.15, 0.2) is 0 Å². The van der Waals surface area contributed by atoms with Crippen LogP contribution in [0.1, 0.15) is 39.5 Å². The van der Waals surface area contributed by atoms with Gasteiger partial charge in [0.05, 0.1) is 12.6 Å². The fraction of sp³-hybridized carbons (Fsp3) is 1.00. The van der Waals surface area contributed by atoms with Crippen molar-refractivity contribution < 1.29 is 36.7 Å². The predicted octanol–water partition coefficient (Wildman–Crippen LogP) is 2.43. The van der Waals surface area contributed by atoms with Crippen molar-refractivity contribution in [3.8, 4) is 0 Å². The zero-order chi connectivity index (χ0) is 18.9. The summed E-state index contributed by atoms with van der Waals surface area (Å²) < 4.78 is 59.5. The second kappa shape index (κ2) is 11.0. The SMILES string of the molecule is BC1O[C@@](COCCCC)(OC)C(OP(=O)(OC)OCCCC)C1F. The van der Waals surface area contributed by atoms with Crippen LogP contribution >= 0.6 is 7.82 Å². The van der Waals surface area contributed by atoms with Crippen molar-refractivity contribution in [2.75, 3.05) is 34.0 Å². The maximum absolute atomic E-state index is 14.7. The van der Waals surface area contributed by atoms with Gasteiger partial charge in [0.15, 0.2) is 12.3 Å². The summed E-state index contributed by atoms with van der Waals surface area (Å²) in [7, 11) is 0.197. The lowest BCUT2D eigenvalue weighted by Gasteiger charge is -2.33. The molecule has 148 valence electrons. The average Bonchev–Trinajstić information content (AvgIpc) is 2.84. The number of ether oxygens (including phenoxy) is 3. The van der Waals surface area contributed by atoms with E-state index in [1.54, 1.807) is 7.85 Å². The molecule has 0 aromatic carbocycles. The molecule has 0 N–H and O–H groups in total. The summed E-state index contributed by atoms with van der Waals surface area (Å²) in [4.78, 5) is 0. The van der Waals surface area contributed by atoms with E-state index in [0.29, 0.717) is 13.0 Å². The Labute approximate surface area is 150 Å². The number of alkyl halides is 1. The lowest BCUT2D eigenvalue weighted by molar-refractivity contribution is -0.259. The number of phosphoric acid groups is 1. The first kappa shape index (κ1) is 23.0. The van der Waals surface area contributed by atoms with Crippen molar-refractivity contribution in [1.29, 1.82) is 0 Å². The third-order valence-electron chi connectivity index (χ3n) is 4.06.